The van der Waals surface area contributed by atoms with Crippen LogP contribution in [0.4, 0.5) is 0 Å². The molecule has 4 heteroatoms. The van der Waals surface area contributed by atoms with Crippen molar-refractivity contribution in [1.82, 2.24) is 14.7 Å². The molecule has 0 radical (unpaired) electrons. The molecule has 19 heavy (non-hydrogen) atoms. The van der Waals surface area contributed by atoms with Gasteiger partial charge in [0, 0.05) is 32.2 Å². The molecule has 0 atom stereocenters. The molecule has 1 aliphatic heterocycles. The van der Waals surface area contributed by atoms with Crippen LogP contribution in [-0.2, 0) is 0 Å². The summed E-state index contributed by atoms with van der Waals surface area (Å²) in [5.74, 6) is 0. The predicted octanol–water partition coefficient (Wildman–Crippen LogP) is 1.39. The Morgan fingerprint density at radius 1 is 1.16 bits per heavy atom. The first-order chi connectivity index (χ1) is 9.11. The van der Waals surface area contributed by atoms with E-state index in [4.69, 9.17) is 0 Å². The molecule has 1 saturated carbocycles. The van der Waals surface area contributed by atoms with E-state index in [1.165, 1.54) is 45.6 Å². The normalized spacial score (nSPS) is 34.4. The number of nitriles is 1. The Kier molecular flexibility index (Phi) is 4.83. The van der Waals surface area contributed by atoms with Gasteiger partial charge >= 0.3 is 0 Å². The summed E-state index contributed by atoms with van der Waals surface area (Å²) in [6, 6.07) is 3.26. The molecule has 0 aromatic rings. The molecule has 4 nitrogen and oxygen atoms in total. The van der Waals surface area contributed by atoms with Crippen LogP contribution >= 0.6 is 0 Å². The van der Waals surface area contributed by atoms with Gasteiger partial charge in [-0.3, -0.25) is 9.80 Å². The fourth-order valence-electron chi connectivity index (χ4n) is 3.55. The van der Waals surface area contributed by atoms with Crippen molar-refractivity contribution in [3.05, 3.63) is 0 Å². The Hall–Kier alpha value is -0.630. The van der Waals surface area contributed by atoms with Gasteiger partial charge < -0.3 is 4.90 Å². The maximum atomic E-state index is 9.46. The van der Waals surface area contributed by atoms with Crippen LogP contribution in [0.5, 0.6) is 0 Å². The smallest absolute Gasteiger partial charge is 0.108 e. The molecule has 1 heterocycles. The maximum Gasteiger partial charge on any atom is 0.108 e. The van der Waals surface area contributed by atoms with Crippen molar-refractivity contribution < 1.29 is 0 Å². The summed E-state index contributed by atoms with van der Waals surface area (Å²) in [5, 5.41) is 9.46. The summed E-state index contributed by atoms with van der Waals surface area (Å²) in [4.78, 5) is 7.31. The molecule has 0 aromatic heterocycles. The summed E-state index contributed by atoms with van der Waals surface area (Å²) in [5.41, 5.74) is -0.207. The lowest BCUT2D eigenvalue weighted by molar-refractivity contribution is 0.0510. The van der Waals surface area contributed by atoms with Gasteiger partial charge in [0.15, 0.2) is 0 Å². The minimum Gasteiger partial charge on any atom is -0.301 e. The molecule has 0 unspecified atom stereocenters. The predicted molar refractivity (Wildman–Crippen MR) is 78.0 cm³/mol. The lowest BCUT2D eigenvalue weighted by atomic mass is 9.79. The van der Waals surface area contributed by atoms with Crippen molar-refractivity contribution in [3.8, 4) is 6.07 Å². The van der Waals surface area contributed by atoms with Crippen LogP contribution in [0.1, 0.15) is 32.6 Å². The molecular weight excluding hydrogens is 236 g/mol. The zero-order valence-electron chi connectivity index (χ0n) is 12.7. The molecule has 2 rings (SSSR count). The number of rotatable bonds is 3. The SMILES string of the molecule is CCN1CCN(C2CCC(C#N)(N(C)C)CC2)CC1. The Bertz CT molecular complexity index is 318. The van der Waals surface area contributed by atoms with Crippen molar-refractivity contribution in [2.75, 3.05) is 46.8 Å². The average molecular weight is 264 g/mol. The molecule has 1 saturated heterocycles. The van der Waals surface area contributed by atoms with Crippen LogP contribution in [0, 0.1) is 11.3 Å². The van der Waals surface area contributed by atoms with Crippen LogP contribution in [0.3, 0.4) is 0 Å². The van der Waals surface area contributed by atoms with Crippen molar-refractivity contribution in [2.24, 2.45) is 0 Å². The van der Waals surface area contributed by atoms with E-state index in [1.54, 1.807) is 0 Å². The third-order valence-electron chi connectivity index (χ3n) is 5.22. The fourth-order valence-corrected chi connectivity index (χ4v) is 3.55. The van der Waals surface area contributed by atoms with E-state index in [2.05, 4.69) is 27.7 Å². The Morgan fingerprint density at radius 2 is 1.74 bits per heavy atom. The first-order valence-corrected chi connectivity index (χ1v) is 7.66. The van der Waals surface area contributed by atoms with E-state index in [0.29, 0.717) is 6.04 Å². The summed E-state index contributed by atoms with van der Waals surface area (Å²) in [6.07, 6.45) is 4.40. The van der Waals surface area contributed by atoms with Crippen LogP contribution < -0.4 is 0 Å². The Morgan fingerprint density at radius 3 is 2.16 bits per heavy atom. The van der Waals surface area contributed by atoms with E-state index in [-0.39, 0.29) is 5.54 Å². The van der Waals surface area contributed by atoms with Gasteiger partial charge in [-0.05, 0) is 46.3 Å². The van der Waals surface area contributed by atoms with Crippen LogP contribution in [-0.4, -0.2) is 73.1 Å². The number of likely N-dealkylation sites (N-methyl/N-ethyl adjacent to an activating group) is 1. The molecule has 0 amide bonds. The highest BCUT2D eigenvalue weighted by atomic mass is 15.3. The molecule has 0 aromatic carbocycles. The Labute approximate surface area is 118 Å². The molecule has 1 aliphatic carbocycles. The molecule has 2 fully saturated rings. The quantitative estimate of drug-likeness (QED) is 0.771. The highest BCUT2D eigenvalue weighted by Gasteiger charge is 2.39. The molecular formula is C15H28N4. The van der Waals surface area contributed by atoms with Gasteiger partial charge in [-0.1, -0.05) is 6.92 Å². The highest BCUT2D eigenvalue weighted by molar-refractivity contribution is 5.10. The van der Waals surface area contributed by atoms with Gasteiger partial charge in [-0.15, -0.1) is 0 Å². The van der Waals surface area contributed by atoms with Crippen LogP contribution in [0.2, 0.25) is 0 Å². The van der Waals surface area contributed by atoms with Gasteiger partial charge in [0.05, 0.1) is 6.07 Å². The molecule has 0 bridgehead atoms. The van der Waals surface area contributed by atoms with E-state index in [9.17, 15) is 5.26 Å². The third kappa shape index (κ3) is 3.10. The minimum atomic E-state index is -0.207. The Balaban J connectivity index is 1.86. The maximum absolute atomic E-state index is 9.46. The standard InChI is InChI=1S/C15H28N4/c1-4-18-9-11-19(12-10-18)14-5-7-15(13-16,8-6-14)17(2)3/h14H,4-12H2,1-3H3. The zero-order chi connectivity index (χ0) is 13.9. The van der Waals surface area contributed by atoms with Crippen molar-refractivity contribution >= 4 is 0 Å². The lowest BCUT2D eigenvalue weighted by Gasteiger charge is -2.45. The molecule has 0 spiro atoms. The average Bonchev–Trinajstić information content (AvgIpc) is 2.47. The summed E-state index contributed by atoms with van der Waals surface area (Å²) >= 11 is 0. The number of hydrogen-bond donors (Lipinski definition) is 0. The van der Waals surface area contributed by atoms with Gasteiger partial charge in [-0.25, -0.2) is 0 Å². The molecule has 108 valence electrons. The molecule has 0 N–H and O–H groups in total. The van der Waals surface area contributed by atoms with Crippen molar-refractivity contribution in [3.63, 3.8) is 0 Å². The highest BCUT2D eigenvalue weighted by Crippen LogP contribution is 2.34. The van der Waals surface area contributed by atoms with Crippen molar-refractivity contribution in [1.29, 1.82) is 5.26 Å². The van der Waals surface area contributed by atoms with Crippen LogP contribution in [0.15, 0.2) is 0 Å². The monoisotopic (exact) mass is 264 g/mol. The fraction of sp³-hybridized carbons (Fsp3) is 0.933. The van der Waals surface area contributed by atoms with Gasteiger partial charge in [0.1, 0.15) is 5.54 Å². The first-order valence-electron chi connectivity index (χ1n) is 7.66. The third-order valence-corrected chi connectivity index (χ3v) is 5.22. The van der Waals surface area contributed by atoms with Gasteiger partial charge in [-0.2, -0.15) is 5.26 Å². The van der Waals surface area contributed by atoms with E-state index >= 15 is 0 Å². The van der Waals surface area contributed by atoms with E-state index < -0.39 is 0 Å². The van der Waals surface area contributed by atoms with E-state index in [0.717, 1.165) is 12.8 Å². The van der Waals surface area contributed by atoms with Gasteiger partial charge in [0.25, 0.3) is 0 Å². The summed E-state index contributed by atoms with van der Waals surface area (Å²) in [7, 11) is 4.09. The van der Waals surface area contributed by atoms with Crippen LogP contribution in [0.25, 0.3) is 0 Å². The first kappa shape index (κ1) is 14.8. The lowest BCUT2D eigenvalue weighted by Crippen LogP contribution is -2.54. The zero-order valence-corrected chi connectivity index (χ0v) is 12.7. The number of nitrogens with zero attached hydrogens (tertiary/aromatic N) is 4. The summed E-state index contributed by atoms with van der Waals surface area (Å²) < 4.78 is 0. The van der Waals surface area contributed by atoms with Gasteiger partial charge in [0.2, 0.25) is 0 Å². The number of piperazine rings is 1. The largest absolute Gasteiger partial charge is 0.301 e. The second-order valence-electron chi connectivity index (χ2n) is 6.24. The topological polar surface area (TPSA) is 33.5 Å². The number of hydrogen-bond acceptors (Lipinski definition) is 4. The molecule has 2 aliphatic rings. The second kappa shape index (κ2) is 6.21. The van der Waals surface area contributed by atoms with E-state index in [1.807, 2.05) is 14.1 Å². The van der Waals surface area contributed by atoms with Crippen molar-refractivity contribution in [2.45, 2.75) is 44.2 Å². The second-order valence-corrected chi connectivity index (χ2v) is 6.24. The minimum absolute atomic E-state index is 0.207. The summed E-state index contributed by atoms with van der Waals surface area (Å²) in [6.45, 7) is 8.26.